The lowest BCUT2D eigenvalue weighted by atomic mass is 10.4. The number of hydrogen-bond donors (Lipinski definition) is 0. The molecule has 3 heterocycles. The first-order chi connectivity index (χ1) is 9.72. The average Bonchev–Trinajstić information content (AvgIpc) is 3.05. The fourth-order valence-corrected chi connectivity index (χ4v) is 2.22. The van der Waals surface area contributed by atoms with Crippen LogP contribution in [-0.2, 0) is 6.54 Å². The molecule has 8 heteroatoms. The quantitative estimate of drug-likeness (QED) is 0.695. The van der Waals surface area contributed by atoms with Gasteiger partial charge in [-0.15, -0.1) is 0 Å². The van der Waals surface area contributed by atoms with Gasteiger partial charge in [0.25, 0.3) is 5.56 Å². The van der Waals surface area contributed by atoms with Gasteiger partial charge in [-0.3, -0.25) is 9.36 Å². The van der Waals surface area contributed by atoms with E-state index in [1.54, 1.807) is 13.1 Å². The van der Waals surface area contributed by atoms with Crippen molar-refractivity contribution in [1.29, 1.82) is 0 Å². The van der Waals surface area contributed by atoms with E-state index < -0.39 is 0 Å². The Morgan fingerprint density at radius 1 is 1.45 bits per heavy atom. The van der Waals surface area contributed by atoms with Gasteiger partial charge >= 0.3 is 0 Å². The zero-order valence-electron chi connectivity index (χ0n) is 10.9. The van der Waals surface area contributed by atoms with Crippen LogP contribution in [0, 0.1) is 6.92 Å². The monoisotopic (exact) mass is 272 g/mol. The van der Waals surface area contributed by atoms with Gasteiger partial charge in [-0.1, -0.05) is 5.16 Å². The van der Waals surface area contributed by atoms with Crippen LogP contribution < -0.4 is 5.56 Å². The molecule has 20 heavy (non-hydrogen) atoms. The van der Waals surface area contributed by atoms with Crippen molar-refractivity contribution in [2.45, 2.75) is 32.4 Å². The summed E-state index contributed by atoms with van der Waals surface area (Å²) >= 11 is 0. The Kier molecular flexibility index (Phi) is 2.26. The predicted octanol–water partition coefficient (Wildman–Crippen LogP) is 0.668. The van der Waals surface area contributed by atoms with Crippen LogP contribution in [0.4, 0.5) is 0 Å². The van der Waals surface area contributed by atoms with Crippen molar-refractivity contribution in [3.8, 4) is 0 Å². The Bertz CT molecular complexity index is 841. The van der Waals surface area contributed by atoms with Gasteiger partial charge in [0, 0.05) is 0 Å². The normalized spacial score (nSPS) is 15.1. The molecule has 0 bridgehead atoms. The second-order valence-electron chi connectivity index (χ2n) is 4.97. The van der Waals surface area contributed by atoms with Crippen molar-refractivity contribution in [2.24, 2.45) is 0 Å². The highest BCUT2D eigenvalue weighted by molar-refractivity contribution is 5.73. The van der Waals surface area contributed by atoms with Gasteiger partial charge in [-0.2, -0.15) is 10.1 Å². The first-order valence-corrected chi connectivity index (χ1v) is 6.44. The van der Waals surface area contributed by atoms with Crippen LogP contribution in [0.1, 0.15) is 30.6 Å². The minimum absolute atomic E-state index is 0.141. The molecular weight excluding hydrogens is 260 g/mol. The van der Waals surface area contributed by atoms with Crippen LogP contribution in [-0.4, -0.2) is 29.5 Å². The third kappa shape index (κ3) is 1.72. The van der Waals surface area contributed by atoms with Crippen LogP contribution in [0.2, 0.25) is 0 Å². The van der Waals surface area contributed by atoms with Crippen molar-refractivity contribution in [3.63, 3.8) is 0 Å². The van der Waals surface area contributed by atoms with Crippen molar-refractivity contribution in [3.05, 3.63) is 34.6 Å². The molecule has 0 aliphatic heterocycles. The molecule has 0 N–H and O–H groups in total. The Balaban J connectivity index is 1.77. The van der Waals surface area contributed by atoms with E-state index in [2.05, 4.69) is 20.2 Å². The fourth-order valence-electron chi connectivity index (χ4n) is 2.22. The molecule has 102 valence electrons. The molecule has 0 radical (unpaired) electrons. The van der Waals surface area contributed by atoms with Crippen molar-refractivity contribution in [1.82, 2.24) is 29.5 Å². The summed E-state index contributed by atoms with van der Waals surface area (Å²) in [5.74, 6) is 0.934. The van der Waals surface area contributed by atoms with E-state index in [0.29, 0.717) is 28.8 Å². The predicted molar refractivity (Wildman–Crippen MR) is 68.2 cm³/mol. The Morgan fingerprint density at radius 3 is 3.00 bits per heavy atom. The molecule has 3 aromatic heterocycles. The Labute approximate surface area is 113 Å². The number of hydrogen-bond acceptors (Lipinski definition) is 6. The molecule has 0 saturated heterocycles. The lowest BCUT2D eigenvalue weighted by molar-refractivity contribution is 0.366. The molecular formula is C12H12N6O2. The van der Waals surface area contributed by atoms with Crippen LogP contribution >= 0.6 is 0 Å². The topological polar surface area (TPSA) is 91.6 Å². The molecule has 0 unspecified atom stereocenters. The smallest absolute Gasteiger partial charge is 0.264 e. The second kappa shape index (κ2) is 3.99. The molecule has 3 aromatic rings. The van der Waals surface area contributed by atoms with Gasteiger partial charge < -0.3 is 4.52 Å². The minimum atomic E-state index is -0.141. The first-order valence-electron chi connectivity index (χ1n) is 6.44. The molecule has 8 nitrogen and oxygen atoms in total. The van der Waals surface area contributed by atoms with E-state index in [4.69, 9.17) is 4.52 Å². The van der Waals surface area contributed by atoms with Crippen molar-refractivity contribution >= 4 is 11.0 Å². The molecule has 0 atom stereocenters. The number of aryl methyl sites for hydroxylation is 1. The zero-order chi connectivity index (χ0) is 13.7. The average molecular weight is 272 g/mol. The van der Waals surface area contributed by atoms with E-state index in [1.807, 2.05) is 4.68 Å². The van der Waals surface area contributed by atoms with Gasteiger partial charge in [0.15, 0.2) is 11.5 Å². The summed E-state index contributed by atoms with van der Waals surface area (Å²) in [5, 5.41) is 8.49. The van der Waals surface area contributed by atoms with Crippen LogP contribution in [0.5, 0.6) is 0 Å². The van der Waals surface area contributed by atoms with Gasteiger partial charge in [0.05, 0.1) is 12.2 Å². The highest BCUT2D eigenvalue weighted by atomic mass is 16.5. The van der Waals surface area contributed by atoms with Gasteiger partial charge in [-0.25, -0.2) is 9.67 Å². The molecule has 1 fully saturated rings. The number of fused-ring (bicyclic) bond motifs is 1. The maximum atomic E-state index is 12.4. The summed E-state index contributed by atoms with van der Waals surface area (Å²) in [5.41, 5.74) is 0.508. The maximum absolute atomic E-state index is 12.4. The SMILES string of the molecule is Cc1noc(Cn2cnc3c(cnn3C3CC3)c2=O)n1. The number of rotatable bonds is 3. The number of nitrogens with zero attached hydrogens (tertiary/aromatic N) is 6. The number of aromatic nitrogens is 6. The second-order valence-corrected chi connectivity index (χ2v) is 4.97. The standard InChI is InChI=1S/C12H12N6O2/c1-7-15-10(20-16-7)5-17-6-13-11-9(12(17)19)4-14-18(11)8-2-3-8/h4,6,8H,2-3,5H2,1H3. The van der Waals surface area contributed by atoms with Gasteiger partial charge in [0.2, 0.25) is 5.89 Å². The van der Waals surface area contributed by atoms with Gasteiger partial charge in [0.1, 0.15) is 18.3 Å². The molecule has 0 spiro atoms. The van der Waals surface area contributed by atoms with E-state index in [9.17, 15) is 4.79 Å². The molecule has 1 aliphatic rings. The van der Waals surface area contributed by atoms with Crippen LogP contribution in [0.15, 0.2) is 21.8 Å². The summed E-state index contributed by atoms with van der Waals surface area (Å²) in [6, 6.07) is 0.397. The van der Waals surface area contributed by atoms with E-state index in [-0.39, 0.29) is 12.1 Å². The van der Waals surface area contributed by atoms with Crippen molar-refractivity contribution < 1.29 is 4.52 Å². The van der Waals surface area contributed by atoms with Crippen LogP contribution in [0.3, 0.4) is 0 Å². The third-order valence-electron chi connectivity index (χ3n) is 3.35. The van der Waals surface area contributed by atoms with E-state index in [1.165, 1.54) is 10.9 Å². The van der Waals surface area contributed by atoms with Crippen LogP contribution in [0.25, 0.3) is 11.0 Å². The summed E-state index contributed by atoms with van der Waals surface area (Å²) in [6.07, 6.45) is 5.29. The fraction of sp³-hybridized carbons (Fsp3) is 0.417. The summed E-state index contributed by atoms with van der Waals surface area (Å²) in [4.78, 5) is 20.8. The molecule has 4 rings (SSSR count). The molecule has 0 aromatic carbocycles. The molecule has 1 saturated carbocycles. The lowest BCUT2D eigenvalue weighted by Crippen LogP contribution is -2.21. The summed E-state index contributed by atoms with van der Waals surface area (Å²) < 4.78 is 8.30. The van der Waals surface area contributed by atoms with E-state index in [0.717, 1.165) is 12.8 Å². The van der Waals surface area contributed by atoms with E-state index >= 15 is 0 Å². The van der Waals surface area contributed by atoms with Crippen molar-refractivity contribution in [2.75, 3.05) is 0 Å². The largest absolute Gasteiger partial charge is 0.337 e. The highest BCUT2D eigenvalue weighted by Gasteiger charge is 2.27. The zero-order valence-corrected chi connectivity index (χ0v) is 10.9. The Hall–Kier alpha value is -2.51. The first kappa shape index (κ1) is 11.3. The Morgan fingerprint density at radius 2 is 2.30 bits per heavy atom. The minimum Gasteiger partial charge on any atom is -0.337 e. The molecule has 0 amide bonds. The third-order valence-corrected chi connectivity index (χ3v) is 3.35. The lowest BCUT2D eigenvalue weighted by Gasteiger charge is -2.02. The summed E-state index contributed by atoms with van der Waals surface area (Å²) in [7, 11) is 0. The molecule has 1 aliphatic carbocycles. The maximum Gasteiger partial charge on any atom is 0.264 e. The highest BCUT2D eigenvalue weighted by Crippen LogP contribution is 2.35. The van der Waals surface area contributed by atoms with Gasteiger partial charge in [-0.05, 0) is 19.8 Å². The summed E-state index contributed by atoms with van der Waals surface area (Å²) in [6.45, 7) is 1.95.